The summed E-state index contributed by atoms with van der Waals surface area (Å²) in [6.07, 6.45) is 3.74. The molecular formula is C16H36CdO4P2S4. The van der Waals surface area contributed by atoms with Crippen molar-refractivity contribution < 1.29 is 45.4 Å². The summed E-state index contributed by atoms with van der Waals surface area (Å²) in [6.45, 7) is 11.0. The minimum absolute atomic E-state index is 0. The molecule has 0 aromatic rings. The average molecular weight is 595 g/mol. The third-order valence-corrected chi connectivity index (χ3v) is 7.51. The van der Waals surface area contributed by atoms with E-state index < -0.39 is 12.2 Å². The molecule has 0 radical (unpaired) electrons. The Hall–Kier alpha value is 3.02. The van der Waals surface area contributed by atoms with E-state index in [-0.39, 0.29) is 27.3 Å². The number of unbranched alkanes of at least 4 members (excludes halogenated alkanes) is 4. The van der Waals surface area contributed by atoms with Gasteiger partial charge in [0.2, 0.25) is 0 Å². The zero-order chi connectivity index (χ0) is 20.3. The fourth-order valence-electron chi connectivity index (χ4n) is 1.36. The van der Waals surface area contributed by atoms with Gasteiger partial charge in [0.15, 0.2) is 0 Å². The minimum atomic E-state index is -2.34. The maximum Gasteiger partial charge on any atom is 2.00 e. The molecule has 27 heavy (non-hydrogen) atoms. The number of hydrogen-bond acceptors (Lipinski definition) is 8. The van der Waals surface area contributed by atoms with Gasteiger partial charge in [-0.1, -0.05) is 53.4 Å². The van der Waals surface area contributed by atoms with Gasteiger partial charge in [-0.2, -0.15) is 0 Å². The van der Waals surface area contributed by atoms with Crippen LogP contribution in [0.2, 0.25) is 0 Å². The van der Waals surface area contributed by atoms with Gasteiger partial charge in [-0.15, -0.1) is 0 Å². The summed E-state index contributed by atoms with van der Waals surface area (Å²) in [5, 5.41) is 0. The second kappa shape index (κ2) is 23.7. The van der Waals surface area contributed by atoms with Gasteiger partial charge in [0.25, 0.3) is 0 Å². The van der Waals surface area contributed by atoms with Gasteiger partial charge in [0.05, 0.1) is 26.4 Å². The fourth-order valence-corrected chi connectivity index (χ4v) is 4.71. The quantitative estimate of drug-likeness (QED) is 0.0838. The average Bonchev–Trinajstić information content (AvgIpc) is 2.56. The molecule has 0 unspecified atom stereocenters. The molecule has 0 aliphatic rings. The first-order valence-corrected chi connectivity index (χ1v) is 16.7. The van der Waals surface area contributed by atoms with Gasteiger partial charge in [-0.05, 0) is 25.7 Å². The molecule has 0 N–H and O–H groups in total. The summed E-state index contributed by atoms with van der Waals surface area (Å²) < 4.78 is 21.3. The van der Waals surface area contributed by atoms with E-state index >= 15 is 0 Å². The molecule has 0 bridgehead atoms. The topological polar surface area (TPSA) is 36.9 Å². The first-order chi connectivity index (χ1) is 12.2. The van der Waals surface area contributed by atoms with E-state index in [1.165, 1.54) is 0 Å². The van der Waals surface area contributed by atoms with Crippen molar-refractivity contribution >= 4 is 61.2 Å². The Kier molecular flexibility index (Phi) is 30.4. The molecular weight excluding hydrogens is 559 g/mol. The Balaban J connectivity index is -0.000000411. The molecule has 0 fully saturated rings. The second-order valence-electron chi connectivity index (χ2n) is 5.64. The van der Waals surface area contributed by atoms with E-state index in [1.807, 2.05) is 0 Å². The molecule has 0 heterocycles. The maximum absolute atomic E-state index is 5.33. The smallest absolute Gasteiger partial charge is 0.516 e. The zero-order valence-corrected chi connectivity index (χ0v) is 26.4. The van der Waals surface area contributed by atoms with Crippen molar-refractivity contribution in [3.63, 3.8) is 0 Å². The zero-order valence-electron chi connectivity index (χ0n) is 17.4. The summed E-state index contributed by atoms with van der Waals surface area (Å²) in [4.78, 5) is 0. The molecule has 0 rings (SSSR count). The van der Waals surface area contributed by atoms with Gasteiger partial charge >= 0.3 is 27.3 Å². The van der Waals surface area contributed by atoms with Crippen LogP contribution in [0.1, 0.15) is 79.1 Å². The Morgan fingerprint density at radius 2 is 0.667 bits per heavy atom. The van der Waals surface area contributed by atoms with E-state index in [1.54, 1.807) is 0 Å². The van der Waals surface area contributed by atoms with Crippen molar-refractivity contribution in [1.29, 1.82) is 0 Å². The normalized spacial score (nSPS) is 11.6. The van der Waals surface area contributed by atoms with Crippen LogP contribution in [0.3, 0.4) is 0 Å². The first-order valence-electron chi connectivity index (χ1n) is 9.44. The van der Waals surface area contributed by atoms with Crippen molar-refractivity contribution in [2.45, 2.75) is 79.1 Å². The van der Waals surface area contributed by atoms with Crippen LogP contribution in [0.4, 0.5) is 0 Å². The van der Waals surface area contributed by atoms with Crippen LogP contribution >= 0.6 is 12.2 Å². The Morgan fingerprint density at radius 3 is 0.815 bits per heavy atom. The third kappa shape index (κ3) is 29.0. The van der Waals surface area contributed by atoms with Gasteiger partial charge < -0.3 is 49.0 Å². The Labute approximate surface area is 210 Å². The van der Waals surface area contributed by atoms with Crippen LogP contribution in [0.5, 0.6) is 0 Å². The van der Waals surface area contributed by atoms with E-state index in [0.717, 1.165) is 51.4 Å². The molecule has 4 nitrogen and oxygen atoms in total. The molecule has 0 aliphatic carbocycles. The first kappa shape index (κ1) is 34.6. The predicted octanol–water partition coefficient (Wildman–Crippen LogP) is 6.78. The molecule has 0 aromatic heterocycles. The molecule has 0 spiro atoms. The Bertz CT molecular complexity index is 256. The van der Waals surface area contributed by atoms with Gasteiger partial charge in [-0.25, -0.2) is 0 Å². The minimum Gasteiger partial charge on any atom is -0.516 e. The SMILES string of the molecule is CCCCO[P+]([S-])([S-])OCCCC.CCCCO[P+]([S-])([S-])OCCCC.[Cd+2]. The molecule has 11 heteroatoms. The second-order valence-corrected chi connectivity index (χ2v) is 15.6. The standard InChI is InChI=1S/2C8H19O2PS2.Cd/c2*1-3-5-7-9-11(12,13)10-8-6-4-2;/h2*3-8H2,1-2H3,(H,12,13);/q;;+2/p-2. The molecule has 160 valence electrons. The molecule has 0 aliphatic heterocycles. The van der Waals surface area contributed by atoms with Crippen molar-refractivity contribution in [3.8, 4) is 0 Å². The summed E-state index contributed by atoms with van der Waals surface area (Å²) >= 11 is 20.2. The molecule has 0 saturated carbocycles. The van der Waals surface area contributed by atoms with Crippen LogP contribution in [-0.2, 0) is 94.4 Å². The number of hydrogen-bond donors (Lipinski definition) is 0. The molecule has 0 saturated heterocycles. The van der Waals surface area contributed by atoms with E-state index in [0.29, 0.717) is 26.4 Å². The summed E-state index contributed by atoms with van der Waals surface area (Å²) in [7, 11) is 0. The molecule has 0 aromatic carbocycles. The van der Waals surface area contributed by atoms with Crippen LogP contribution in [0.25, 0.3) is 0 Å². The van der Waals surface area contributed by atoms with Gasteiger partial charge in [-0.3, -0.25) is 18.1 Å². The Morgan fingerprint density at radius 1 is 0.481 bits per heavy atom. The van der Waals surface area contributed by atoms with Crippen LogP contribution in [0, 0.1) is 0 Å². The maximum atomic E-state index is 5.33. The molecule has 0 amide bonds. The fraction of sp³-hybridized carbons (Fsp3) is 1.00. The number of rotatable bonds is 16. The molecule has 0 atom stereocenters. The van der Waals surface area contributed by atoms with Crippen molar-refractivity contribution in [3.05, 3.63) is 0 Å². The van der Waals surface area contributed by atoms with Crippen molar-refractivity contribution in [2.24, 2.45) is 0 Å². The van der Waals surface area contributed by atoms with Crippen LogP contribution in [-0.4, -0.2) is 26.4 Å². The van der Waals surface area contributed by atoms with E-state index in [9.17, 15) is 0 Å². The van der Waals surface area contributed by atoms with Gasteiger partial charge in [0, 0.05) is 12.2 Å². The summed E-state index contributed by atoms with van der Waals surface area (Å²) in [5.41, 5.74) is 0. The monoisotopic (exact) mass is 596 g/mol. The van der Waals surface area contributed by atoms with Crippen LogP contribution < -0.4 is 0 Å². The largest absolute Gasteiger partial charge is 2.00 e. The van der Waals surface area contributed by atoms with Crippen molar-refractivity contribution in [1.82, 2.24) is 0 Å². The van der Waals surface area contributed by atoms with Gasteiger partial charge in [0.1, 0.15) is 0 Å². The predicted molar refractivity (Wildman–Crippen MR) is 127 cm³/mol. The summed E-state index contributed by atoms with van der Waals surface area (Å²) in [6, 6.07) is 0. The van der Waals surface area contributed by atoms with E-state index in [4.69, 9.17) is 67.1 Å². The van der Waals surface area contributed by atoms with E-state index in [2.05, 4.69) is 27.7 Å². The van der Waals surface area contributed by atoms with Crippen molar-refractivity contribution in [2.75, 3.05) is 26.4 Å². The van der Waals surface area contributed by atoms with Crippen LogP contribution in [0.15, 0.2) is 0 Å². The third-order valence-electron chi connectivity index (χ3n) is 2.99. The summed E-state index contributed by atoms with van der Waals surface area (Å²) in [5.74, 6) is 0.